The molecule has 0 amide bonds. The van der Waals surface area contributed by atoms with E-state index in [-0.39, 0.29) is 24.0 Å². The molecule has 0 aliphatic rings. The summed E-state index contributed by atoms with van der Waals surface area (Å²) in [6, 6.07) is 5.79. The molecular weight excluding hydrogens is 252 g/mol. The second-order valence-electron chi connectivity index (χ2n) is 4.09. The van der Waals surface area contributed by atoms with Crippen molar-refractivity contribution in [1.82, 2.24) is 5.32 Å². The highest BCUT2D eigenvalue weighted by Gasteiger charge is 2.16. The lowest BCUT2D eigenvalue weighted by molar-refractivity contribution is -0.143. The molecule has 0 aromatic heterocycles. The number of nitrogens with one attached hydrogen (secondary N) is 1. The van der Waals surface area contributed by atoms with E-state index in [4.69, 9.17) is 4.74 Å². The van der Waals surface area contributed by atoms with E-state index in [1.807, 2.05) is 6.92 Å². The predicted molar refractivity (Wildman–Crippen MR) is 69.1 cm³/mol. The quantitative estimate of drug-likeness (QED) is 0.774. The van der Waals surface area contributed by atoms with Crippen LogP contribution in [0.1, 0.15) is 43.9 Å². The summed E-state index contributed by atoms with van der Waals surface area (Å²) in [5, 5.41) is 3.15. The average Bonchev–Trinajstić information content (AvgIpc) is 2.38. The topological polar surface area (TPSA) is 38.3 Å². The van der Waals surface area contributed by atoms with Crippen molar-refractivity contribution in [3.8, 4) is 0 Å². The molecule has 0 bridgehead atoms. The number of ether oxygens (including phenoxy) is 1. The summed E-state index contributed by atoms with van der Waals surface area (Å²) in [4.78, 5) is 11.5. The predicted octanol–water partition coefficient (Wildman–Crippen LogP) is 3.23. The van der Waals surface area contributed by atoms with E-state index in [2.05, 4.69) is 5.32 Å². The first-order valence-electron chi connectivity index (χ1n) is 6.35. The van der Waals surface area contributed by atoms with Gasteiger partial charge in [0.2, 0.25) is 0 Å². The van der Waals surface area contributed by atoms with Crippen molar-refractivity contribution in [2.75, 3.05) is 13.2 Å². The third-order valence-corrected chi connectivity index (χ3v) is 2.72. The summed E-state index contributed by atoms with van der Waals surface area (Å²) in [5.41, 5.74) is 0.787. The summed E-state index contributed by atoms with van der Waals surface area (Å²) in [6.45, 7) is 4.69. The molecular formula is C14H19F2NO2. The molecule has 5 heteroatoms. The van der Waals surface area contributed by atoms with Crippen molar-refractivity contribution >= 4 is 5.97 Å². The number of hydrogen-bond acceptors (Lipinski definition) is 3. The molecule has 0 aliphatic heterocycles. The number of carbonyl (C=O) groups excluding carboxylic acids is 1. The van der Waals surface area contributed by atoms with Crippen LogP contribution in [0.25, 0.3) is 0 Å². The lowest BCUT2D eigenvalue weighted by atomic mass is 10.0. The lowest BCUT2D eigenvalue weighted by Crippen LogP contribution is -2.24. The third kappa shape index (κ3) is 4.95. The Morgan fingerprint density at radius 2 is 1.79 bits per heavy atom. The minimum Gasteiger partial charge on any atom is -0.466 e. The van der Waals surface area contributed by atoms with Gasteiger partial charge < -0.3 is 10.1 Å². The fourth-order valence-electron chi connectivity index (χ4n) is 1.81. The molecule has 0 aliphatic carbocycles. The zero-order valence-corrected chi connectivity index (χ0v) is 11.2. The molecule has 1 aromatic rings. The van der Waals surface area contributed by atoms with Crippen molar-refractivity contribution in [3.05, 3.63) is 35.4 Å². The second-order valence-corrected chi connectivity index (χ2v) is 4.09. The van der Waals surface area contributed by atoms with Crippen LogP contribution in [0.2, 0.25) is 0 Å². The molecule has 0 saturated heterocycles. The minimum absolute atomic E-state index is 0.0184. The van der Waals surface area contributed by atoms with Crippen molar-refractivity contribution < 1.29 is 18.3 Å². The largest absolute Gasteiger partial charge is 0.466 e. The second kappa shape index (κ2) is 7.84. The smallest absolute Gasteiger partial charge is 0.307 e. The van der Waals surface area contributed by atoms with Gasteiger partial charge in [0.1, 0.15) is 0 Å². The van der Waals surface area contributed by atoms with Gasteiger partial charge in [0.15, 0.2) is 0 Å². The van der Waals surface area contributed by atoms with Gasteiger partial charge in [0, 0.05) is 11.6 Å². The van der Waals surface area contributed by atoms with Crippen LogP contribution in [0, 0.1) is 0 Å². The number of alkyl halides is 2. The highest BCUT2D eigenvalue weighted by atomic mass is 19.3. The molecule has 1 atom stereocenters. The SMILES string of the molecule is CCNC(CC(=O)OCC)c1ccc(C(F)F)cc1. The Morgan fingerprint density at radius 3 is 2.26 bits per heavy atom. The average molecular weight is 271 g/mol. The molecule has 1 unspecified atom stereocenters. The van der Waals surface area contributed by atoms with Crippen LogP contribution in [-0.2, 0) is 9.53 Å². The van der Waals surface area contributed by atoms with Gasteiger partial charge in [-0.1, -0.05) is 31.2 Å². The van der Waals surface area contributed by atoms with E-state index in [0.717, 1.165) is 5.56 Å². The number of esters is 1. The van der Waals surface area contributed by atoms with E-state index >= 15 is 0 Å². The summed E-state index contributed by atoms with van der Waals surface area (Å²) in [7, 11) is 0. The maximum Gasteiger partial charge on any atom is 0.307 e. The van der Waals surface area contributed by atoms with E-state index in [1.54, 1.807) is 19.1 Å². The van der Waals surface area contributed by atoms with Crippen molar-refractivity contribution in [2.24, 2.45) is 0 Å². The number of hydrogen-bond donors (Lipinski definition) is 1. The normalized spacial score (nSPS) is 12.5. The third-order valence-electron chi connectivity index (χ3n) is 2.72. The lowest BCUT2D eigenvalue weighted by Gasteiger charge is -2.17. The van der Waals surface area contributed by atoms with Crippen LogP contribution < -0.4 is 5.32 Å². The fraction of sp³-hybridized carbons (Fsp3) is 0.500. The first-order valence-corrected chi connectivity index (χ1v) is 6.35. The summed E-state index contributed by atoms with van der Waals surface area (Å²) in [5.74, 6) is -0.300. The van der Waals surface area contributed by atoms with Gasteiger partial charge in [0.05, 0.1) is 13.0 Å². The Morgan fingerprint density at radius 1 is 1.21 bits per heavy atom. The Hall–Kier alpha value is -1.49. The zero-order valence-electron chi connectivity index (χ0n) is 11.2. The molecule has 1 N–H and O–H groups in total. The zero-order chi connectivity index (χ0) is 14.3. The Bertz CT molecular complexity index is 393. The number of carbonyl (C=O) groups is 1. The van der Waals surface area contributed by atoms with Crippen molar-refractivity contribution in [1.29, 1.82) is 0 Å². The van der Waals surface area contributed by atoms with Crippen LogP contribution in [-0.4, -0.2) is 19.1 Å². The highest BCUT2D eigenvalue weighted by molar-refractivity contribution is 5.70. The summed E-state index contributed by atoms with van der Waals surface area (Å²) >= 11 is 0. The van der Waals surface area contributed by atoms with Crippen LogP contribution in [0.15, 0.2) is 24.3 Å². The van der Waals surface area contributed by atoms with Crippen LogP contribution >= 0.6 is 0 Å². The highest BCUT2D eigenvalue weighted by Crippen LogP contribution is 2.23. The molecule has 106 valence electrons. The fourth-order valence-corrected chi connectivity index (χ4v) is 1.81. The Kier molecular flexibility index (Phi) is 6.42. The van der Waals surface area contributed by atoms with Gasteiger partial charge in [0.25, 0.3) is 6.43 Å². The van der Waals surface area contributed by atoms with Gasteiger partial charge in [-0.15, -0.1) is 0 Å². The maximum absolute atomic E-state index is 12.5. The number of halogens is 2. The Balaban J connectivity index is 2.77. The summed E-state index contributed by atoms with van der Waals surface area (Å²) < 4.78 is 29.8. The molecule has 1 rings (SSSR count). The van der Waals surface area contributed by atoms with Gasteiger partial charge in [-0.2, -0.15) is 0 Å². The summed E-state index contributed by atoms with van der Waals surface area (Å²) in [6.07, 6.45) is -2.29. The maximum atomic E-state index is 12.5. The van der Waals surface area contributed by atoms with E-state index < -0.39 is 6.43 Å². The van der Waals surface area contributed by atoms with Crippen LogP contribution in [0.4, 0.5) is 8.78 Å². The molecule has 3 nitrogen and oxygen atoms in total. The monoisotopic (exact) mass is 271 g/mol. The minimum atomic E-state index is -2.48. The molecule has 0 heterocycles. The molecule has 0 saturated carbocycles. The first kappa shape index (κ1) is 15.6. The van der Waals surface area contributed by atoms with E-state index in [9.17, 15) is 13.6 Å². The van der Waals surface area contributed by atoms with E-state index in [0.29, 0.717) is 13.2 Å². The molecule has 0 radical (unpaired) electrons. The van der Waals surface area contributed by atoms with Gasteiger partial charge in [-0.25, -0.2) is 8.78 Å². The number of benzene rings is 1. The van der Waals surface area contributed by atoms with E-state index in [1.165, 1.54) is 12.1 Å². The Labute approximate surface area is 112 Å². The van der Waals surface area contributed by atoms with Gasteiger partial charge in [-0.3, -0.25) is 4.79 Å². The van der Waals surface area contributed by atoms with Gasteiger partial charge >= 0.3 is 5.97 Å². The molecule has 19 heavy (non-hydrogen) atoms. The molecule has 0 fully saturated rings. The van der Waals surface area contributed by atoms with Crippen LogP contribution in [0.5, 0.6) is 0 Å². The van der Waals surface area contributed by atoms with Crippen LogP contribution in [0.3, 0.4) is 0 Å². The van der Waals surface area contributed by atoms with Crippen molar-refractivity contribution in [3.63, 3.8) is 0 Å². The van der Waals surface area contributed by atoms with Gasteiger partial charge in [-0.05, 0) is 19.0 Å². The molecule has 0 spiro atoms. The first-order chi connectivity index (χ1) is 9.08. The number of rotatable bonds is 7. The molecule has 1 aromatic carbocycles. The standard InChI is InChI=1S/C14H19F2NO2/c1-3-17-12(9-13(18)19-4-2)10-5-7-11(8-6-10)14(15)16/h5-8,12,14,17H,3-4,9H2,1-2H3. The van der Waals surface area contributed by atoms with Crippen molar-refractivity contribution in [2.45, 2.75) is 32.7 Å².